The van der Waals surface area contributed by atoms with Crippen molar-refractivity contribution in [3.63, 3.8) is 0 Å². The van der Waals surface area contributed by atoms with Crippen molar-refractivity contribution >= 4 is 0 Å². The first-order chi connectivity index (χ1) is 11.6. The van der Waals surface area contributed by atoms with Gasteiger partial charge in [-0.3, -0.25) is 15.8 Å². The highest BCUT2D eigenvalue weighted by Gasteiger charge is 2.29. The molecule has 0 radical (unpaired) electrons. The number of benzene rings is 1. The molecule has 2 heterocycles. The third-order valence-corrected chi connectivity index (χ3v) is 5.66. The van der Waals surface area contributed by atoms with E-state index in [2.05, 4.69) is 77.2 Å². The third kappa shape index (κ3) is 4.35. The minimum atomic E-state index is 0.513. The fourth-order valence-corrected chi connectivity index (χ4v) is 3.97. The molecule has 3 atom stereocenters. The molecule has 3 N–H and O–H groups in total. The van der Waals surface area contributed by atoms with Crippen molar-refractivity contribution in [2.45, 2.75) is 32.0 Å². The number of hydrogen-bond acceptors (Lipinski definition) is 5. The van der Waals surface area contributed by atoms with Crippen LogP contribution >= 0.6 is 0 Å². The van der Waals surface area contributed by atoms with Crippen LogP contribution in [0.15, 0.2) is 30.3 Å². The minimum Gasteiger partial charge on any atom is -0.315 e. The Morgan fingerprint density at radius 1 is 1.08 bits per heavy atom. The number of rotatable bonds is 6. The van der Waals surface area contributed by atoms with Crippen LogP contribution in [0.5, 0.6) is 0 Å². The van der Waals surface area contributed by atoms with Gasteiger partial charge in [0.25, 0.3) is 0 Å². The number of likely N-dealkylation sites (N-methyl/N-ethyl adjacent to an activating group) is 1. The molecule has 1 aromatic carbocycles. The molecule has 2 saturated heterocycles. The Hall–Kier alpha value is -0.980. The van der Waals surface area contributed by atoms with Gasteiger partial charge in [0.05, 0.1) is 0 Å². The summed E-state index contributed by atoms with van der Waals surface area (Å²) in [6.45, 7) is 11.2. The number of hydrogen-bond donors (Lipinski definition) is 3. The molecule has 0 saturated carbocycles. The van der Waals surface area contributed by atoms with Gasteiger partial charge in [-0.05, 0) is 26.5 Å². The molecule has 0 aliphatic carbocycles. The Bertz CT molecular complexity index is 484. The molecular formula is C19H33N5. The summed E-state index contributed by atoms with van der Waals surface area (Å²) in [5.41, 5.74) is 8.11. The summed E-state index contributed by atoms with van der Waals surface area (Å²) < 4.78 is 0. The lowest BCUT2D eigenvalue weighted by molar-refractivity contribution is 0.0903. The lowest BCUT2D eigenvalue weighted by Crippen LogP contribution is -2.49. The lowest BCUT2D eigenvalue weighted by Gasteiger charge is -2.40. The zero-order valence-electron chi connectivity index (χ0n) is 15.3. The van der Waals surface area contributed by atoms with Gasteiger partial charge in [-0.1, -0.05) is 30.3 Å². The highest BCUT2D eigenvalue weighted by Crippen LogP contribution is 2.24. The molecule has 3 rings (SSSR count). The normalized spacial score (nSPS) is 32.3. The second-order valence-electron chi connectivity index (χ2n) is 7.46. The van der Waals surface area contributed by atoms with Gasteiger partial charge in [0.1, 0.15) is 0 Å². The van der Waals surface area contributed by atoms with Crippen molar-refractivity contribution in [2.24, 2.45) is 5.92 Å². The number of piperazine rings is 1. The van der Waals surface area contributed by atoms with Crippen molar-refractivity contribution in [1.82, 2.24) is 26.0 Å². The summed E-state index contributed by atoms with van der Waals surface area (Å²) in [6, 6.07) is 12.5. The van der Waals surface area contributed by atoms with Gasteiger partial charge in [-0.25, -0.2) is 0 Å². The zero-order chi connectivity index (χ0) is 16.9. The minimum absolute atomic E-state index is 0.513. The van der Waals surface area contributed by atoms with Gasteiger partial charge in [0, 0.05) is 63.3 Å². The molecule has 24 heavy (non-hydrogen) atoms. The molecule has 134 valence electrons. The molecule has 1 aromatic rings. The SMILES string of the molecule is CC1NNC(C)C1CNCCN1CCN(C)CC1c1ccccc1. The van der Waals surface area contributed by atoms with Crippen LogP contribution in [0, 0.1) is 5.92 Å². The highest BCUT2D eigenvalue weighted by atomic mass is 15.4. The molecular weight excluding hydrogens is 298 g/mol. The van der Waals surface area contributed by atoms with Crippen LogP contribution < -0.4 is 16.2 Å². The van der Waals surface area contributed by atoms with E-state index in [9.17, 15) is 0 Å². The van der Waals surface area contributed by atoms with E-state index in [-0.39, 0.29) is 0 Å². The summed E-state index contributed by atoms with van der Waals surface area (Å²) in [5.74, 6) is 0.655. The monoisotopic (exact) mass is 331 g/mol. The molecule has 0 bridgehead atoms. The second-order valence-corrected chi connectivity index (χ2v) is 7.46. The fourth-order valence-electron chi connectivity index (χ4n) is 3.97. The van der Waals surface area contributed by atoms with E-state index in [1.165, 1.54) is 5.56 Å². The predicted octanol–water partition coefficient (Wildman–Crippen LogP) is 1.07. The Morgan fingerprint density at radius 3 is 2.50 bits per heavy atom. The van der Waals surface area contributed by atoms with Crippen LogP contribution in [-0.4, -0.2) is 68.2 Å². The quantitative estimate of drug-likeness (QED) is 0.681. The van der Waals surface area contributed by atoms with Crippen molar-refractivity contribution in [2.75, 3.05) is 46.3 Å². The molecule has 0 amide bonds. The molecule has 5 heteroatoms. The fraction of sp³-hybridized carbons (Fsp3) is 0.684. The van der Waals surface area contributed by atoms with Gasteiger partial charge >= 0.3 is 0 Å². The molecule has 5 nitrogen and oxygen atoms in total. The lowest BCUT2D eigenvalue weighted by atomic mass is 9.97. The van der Waals surface area contributed by atoms with Crippen molar-refractivity contribution in [3.05, 3.63) is 35.9 Å². The smallest absolute Gasteiger partial charge is 0.0476 e. The maximum Gasteiger partial charge on any atom is 0.0476 e. The van der Waals surface area contributed by atoms with E-state index in [1.807, 2.05) is 0 Å². The summed E-state index contributed by atoms with van der Waals surface area (Å²) in [7, 11) is 2.23. The van der Waals surface area contributed by atoms with Crippen LogP contribution in [0.4, 0.5) is 0 Å². The van der Waals surface area contributed by atoms with Crippen LogP contribution in [0.1, 0.15) is 25.5 Å². The standard InChI is InChI=1S/C19H33N5/c1-15-18(16(2)22-21-15)13-20-9-10-24-12-11-23(3)14-19(24)17-7-5-4-6-8-17/h4-8,15-16,18-22H,9-14H2,1-3H3. The summed E-state index contributed by atoms with van der Waals surface area (Å²) in [4.78, 5) is 5.08. The summed E-state index contributed by atoms with van der Waals surface area (Å²) in [6.07, 6.45) is 0. The average molecular weight is 332 g/mol. The summed E-state index contributed by atoms with van der Waals surface area (Å²) >= 11 is 0. The topological polar surface area (TPSA) is 42.6 Å². The predicted molar refractivity (Wildman–Crippen MR) is 99.8 cm³/mol. The third-order valence-electron chi connectivity index (χ3n) is 5.66. The molecule has 2 aliphatic rings. The van der Waals surface area contributed by atoms with E-state index in [0.29, 0.717) is 24.0 Å². The van der Waals surface area contributed by atoms with Crippen LogP contribution in [-0.2, 0) is 0 Å². The first-order valence-electron chi connectivity index (χ1n) is 9.34. The van der Waals surface area contributed by atoms with Crippen LogP contribution in [0.2, 0.25) is 0 Å². The Kier molecular flexibility index (Phi) is 6.25. The Labute approximate surface area is 146 Å². The van der Waals surface area contributed by atoms with Gasteiger partial charge < -0.3 is 10.2 Å². The Balaban J connectivity index is 1.49. The first kappa shape index (κ1) is 17.8. The van der Waals surface area contributed by atoms with Gasteiger partial charge in [0.2, 0.25) is 0 Å². The second kappa shape index (κ2) is 8.41. The first-order valence-corrected chi connectivity index (χ1v) is 9.34. The maximum absolute atomic E-state index is 3.68. The van der Waals surface area contributed by atoms with E-state index in [4.69, 9.17) is 0 Å². The van der Waals surface area contributed by atoms with Crippen molar-refractivity contribution < 1.29 is 0 Å². The average Bonchev–Trinajstić information content (AvgIpc) is 2.92. The molecule has 0 spiro atoms. The number of nitrogens with one attached hydrogen (secondary N) is 3. The van der Waals surface area contributed by atoms with Gasteiger partial charge in [0.15, 0.2) is 0 Å². The number of hydrazine groups is 1. The van der Waals surface area contributed by atoms with E-state index in [0.717, 1.165) is 39.3 Å². The van der Waals surface area contributed by atoms with E-state index < -0.39 is 0 Å². The van der Waals surface area contributed by atoms with Crippen molar-refractivity contribution in [3.8, 4) is 0 Å². The molecule has 2 fully saturated rings. The zero-order valence-corrected chi connectivity index (χ0v) is 15.3. The molecule has 0 aromatic heterocycles. The van der Waals surface area contributed by atoms with Crippen LogP contribution in [0.25, 0.3) is 0 Å². The maximum atomic E-state index is 3.68. The Morgan fingerprint density at radius 2 is 1.79 bits per heavy atom. The van der Waals surface area contributed by atoms with E-state index >= 15 is 0 Å². The highest BCUT2D eigenvalue weighted by molar-refractivity contribution is 5.20. The van der Waals surface area contributed by atoms with Gasteiger partial charge in [-0.15, -0.1) is 0 Å². The summed E-state index contributed by atoms with van der Waals surface area (Å²) in [5, 5.41) is 3.68. The van der Waals surface area contributed by atoms with E-state index in [1.54, 1.807) is 0 Å². The largest absolute Gasteiger partial charge is 0.315 e. The number of nitrogens with zero attached hydrogens (tertiary/aromatic N) is 2. The van der Waals surface area contributed by atoms with Crippen LogP contribution in [0.3, 0.4) is 0 Å². The van der Waals surface area contributed by atoms with Crippen molar-refractivity contribution in [1.29, 1.82) is 0 Å². The van der Waals surface area contributed by atoms with Gasteiger partial charge in [-0.2, -0.15) is 0 Å². The molecule has 3 unspecified atom stereocenters. The molecule has 2 aliphatic heterocycles.